The van der Waals surface area contributed by atoms with Gasteiger partial charge in [0.2, 0.25) is 6.79 Å². The molecule has 1 aromatic carbocycles. The van der Waals surface area contributed by atoms with Gasteiger partial charge >= 0.3 is 0 Å². The normalized spacial score (nSPS) is 12.9. The van der Waals surface area contributed by atoms with Crippen LogP contribution < -0.4 is 15.2 Å². The third kappa shape index (κ3) is 1.85. The zero-order valence-corrected chi connectivity index (χ0v) is 9.54. The smallest absolute Gasteiger partial charge is 0.231 e. The fraction of sp³-hybridized carbons (Fsp3) is 0.300. The van der Waals surface area contributed by atoms with Gasteiger partial charge in [-0.15, -0.1) is 0 Å². The molecule has 0 saturated carbocycles. The summed E-state index contributed by atoms with van der Waals surface area (Å²) < 4.78 is 11.1. The Labute approximate surface area is 95.5 Å². The number of fused-ring (bicyclic) bond motifs is 1. The zero-order chi connectivity index (χ0) is 10.8. The van der Waals surface area contributed by atoms with Gasteiger partial charge in [0.1, 0.15) is 0 Å². The molecule has 0 saturated heterocycles. The predicted octanol–water partition coefficient (Wildman–Crippen LogP) is 1.71. The molecule has 1 aliphatic rings. The molecule has 1 aliphatic heterocycles. The van der Waals surface area contributed by atoms with Gasteiger partial charge in [-0.05, 0) is 34.6 Å². The van der Waals surface area contributed by atoms with Gasteiger partial charge in [0.15, 0.2) is 17.3 Å². The van der Waals surface area contributed by atoms with Crippen molar-refractivity contribution in [2.75, 3.05) is 13.3 Å². The van der Waals surface area contributed by atoms with Crippen LogP contribution in [-0.4, -0.2) is 19.1 Å². The highest BCUT2D eigenvalue weighted by Gasteiger charge is 2.21. The van der Waals surface area contributed by atoms with Crippen molar-refractivity contribution in [3.05, 3.63) is 22.2 Å². The quantitative estimate of drug-likeness (QED) is 0.851. The van der Waals surface area contributed by atoms with Crippen molar-refractivity contribution in [3.63, 3.8) is 0 Å². The van der Waals surface area contributed by atoms with E-state index in [1.54, 1.807) is 12.1 Å². The van der Waals surface area contributed by atoms with Crippen molar-refractivity contribution in [3.8, 4) is 11.5 Å². The summed E-state index contributed by atoms with van der Waals surface area (Å²) in [4.78, 5) is 11.7. The molecule has 4 nitrogen and oxygen atoms in total. The number of halogens is 1. The van der Waals surface area contributed by atoms with Crippen LogP contribution in [0.15, 0.2) is 16.6 Å². The molecular weight excluding hydrogens is 262 g/mol. The highest BCUT2D eigenvalue weighted by molar-refractivity contribution is 9.10. The van der Waals surface area contributed by atoms with Gasteiger partial charge in [0.05, 0.1) is 4.47 Å². The number of nitrogens with two attached hydrogens (primary N) is 1. The van der Waals surface area contributed by atoms with Gasteiger partial charge < -0.3 is 15.2 Å². The Morgan fingerprint density at radius 3 is 3.00 bits per heavy atom. The summed E-state index contributed by atoms with van der Waals surface area (Å²) in [5, 5.41) is 0. The summed E-state index contributed by atoms with van der Waals surface area (Å²) in [6, 6.07) is 3.45. The number of hydrogen-bond donors (Lipinski definition) is 1. The fourth-order valence-corrected chi connectivity index (χ4v) is 2.08. The number of ether oxygens (including phenoxy) is 2. The summed E-state index contributed by atoms with van der Waals surface area (Å²) in [7, 11) is 0. The Bertz CT molecular complexity index is 406. The highest BCUT2D eigenvalue weighted by Crippen LogP contribution is 2.41. The molecule has 2 rings (SSSR count). The van der Waals surface area contributed by atoms with Crippen LogP contribution in [-0.2, 0) is 0 Å². The van der Waals surface area contributed by atoms with Gasteiger partial charge in [0, 0.05) is 12.0 Å². The first-order valence-corrected chi connectivity index (χ1v) is 5.34. The Balaban J connectivity index is 2.38. The number of hydrogen-bond acceptors (Lipinski definition) is 4. The molecule has 0 bridgehead atoms. The van der Waals surface area contributed by atoms with Crippen LogP contribution in [0.25, 0.3) is 0 Å². The second-order valence-corrected chi connectivity index (χ2v) is 3.92. The molecule has 0 fully saturated rings. The molecule has 0 aliphatic carbocycles. The number of benzene rings is 1. The molecule has 0 radical (unpaired) electrons. The average Bonchev–Trinajstić information content (AvgIpc) is 2.67. The predicted molar refractivity (Wildman–Crippen MR) is 58.3 cm³/mol. The lowest BCUT2D eigenvalue weighted by Gasteiger charge is -2.05. The summed E-state index contributed by atoms with van der Waals surface area (Å²) in [6.45, 7) is 0.544. The van der Waals surface area contributed by atoms with E-state index in [1.807, 2.05) is 0 Å². The van der Waals surface area contributed by atoms with Crippen LogP contribution in [0, 0.1) is 0 Å². The molecule has 5 heteroatoms. The highest BCUT2D eigenvalue weighted by atomic mass is 79.9. The Kier molecular flexibility index (Phi) is 2.93. The minimum atomic E-state index is 0.00248. The first kappa shape index (κ1) is 10.4. The molecule has 80 valence electrons. The van der Waals surface area contributed by atoms with Crippen LogP contribution in [0.1, 0.15) is 16.8 Å². The Hall–Kier alpha value is -1.07. The van der Waals surface area contributed by atoms with Crippen molar-refractivity contribution >= 4 is 21.7 Å². The molecule has 1 aromatic rings. The van der Waals surface area contributed by atoms with E-state index in [9.17, 15) is 4.79 Å². The molecule has 0 spiro atoms. The van der Waals surface area contributed by atoms with Gasteiger partial charge in [-0.3, -0.25) is 4.79 Å². The van der Waals surface area contributed by atoms with E-state index in [4.69, 9.17) is 15.2 Å². The Morgan fingerprint density at radius 1 is 1.47 bits per heavy atom. The first-order chi connectivity index (χ1) is 7.24. The lowest BCUT2D eigenvalue weighted by molar-refractivity contribution is 0.0984. The summed E-state index contributed by atoms with van der Waals surface area (Å²) in [5.41, 5.74) is 5.93. The molecule has 1 heterocycles. The Morgan fingerprint density at radius 2 is 2.27 bits per heavy atom. The molecule has 0 atom stereocenters. The minimum Gasteiger partial charge on any atom is -0.454 e. The van der Waals surface area contributed by atoms with Gasteiger partial charge in [-0.2, -0.15) is 0 Å². The van der Waals surface area contributed by atoms with Crippen LogP contribution in [0.5, 0.6) is 11.5 Å². The van der Waals surface area contributed by atoms with Crippen LogP contribution in [0.4, 0.5) is 0 Å². The minimum absolute atomic E-state index is 0.00248. The maximum Gasteiger partial charge on any atom is 0.231 e. The summed E-state index contributed by atoms with van der Waals surface area (Å²) in [6.07, 6.45) is 0.332. The van der Waals surface area contributed by atoms with Gasteiger partial charge in [0.25, 0.3) is 0 Å². The van der Waals surface area contributed by atoms with E-state index in [0.717, 1.165) is 0 Å². The monoisotopic (exact) mass is 271 g/mol. The van der Waals surface area contributed by atoms with E-state index in [2.05, 4.69) is 15.9 Å². The van der Waals surface area contributed by atoms with Crippen molar-refractivity contribution in [1.82, 2.24) is 0 Å². The number of ketones is 1. The third-order valence-corrected chi connectivity index (χ3v) is 2.94. The van der Waals surface area contributed by atoms with Crippen molar-refractivity contribution in [2.45, 2.75) is 6.42 Å². The topological polar surface area (TPSA) is 61.6 Å². The van der Waals surface area contributed by atoms with Crippen LogP contribution in [0.2, 0.25) is 0 Å². The number of Topliss-reactive ketones (excluding diaryl/α,β-unsaturated/α-hetero) is 1. The zero-order valence-electron chi connectivity index (χ0n) is 7.96. The van der Waals surface area contributed by atoms with E-state index in [0.29, 0.717) is 34.5 Å². The number of rotatable bonds is 3. The molecule has 15 heavy (non-hydrogen) atoms. The first-order valence-electron chi connectivity index (χ1n) is 4.55. The SMILES string of the molecule is NCCC(=O)c1ccc2c(c1Br)OCO2. The number of carbonyl (C=O) groups excluding carboxylic acids is 1. The third-order valence-electron chi connectivity index (χ3n) is 2.15. The van der Waals surface area contributed by atoms with Crippen molar-refractivity contribution < 1.29 is 14.3 Å². The van der Waals surface area contributed by atoms with Crippen molar-refractivity contribution in [2.24, 2.45) is 5.73 Å². The molecular formula is C10H10BrNO3. The number of carbonyl (C=O) groups is 1. The summed E-state index contributed by atoms with van der Waals surface area (Å²) >= 11 is 3.34. The maximum absolute atomic E-state index is 11.7. The molecule has 0 aromatic heterocycles. The summed E-state index contributed by atoms with van der Waals surface area (Å²) in [5.74, 6) is 1.26. The van der Waals surface area contributed by atoms with Gasteiger partial charge in [-0.25, -0.2) is 0 Å². The molecule has 0 amide bonds. The lowest BCUT2D eigenvalue weighted by Crippen LogP contribution is -2.08. The standard InChI is InChI=1S/C10H10BrNO3/c11-9-6(7(13)3-4-12)1-2-8-10(9)15-5-14-8/h1-2H,3-5,12H2. The average molecular weight is 272 g/mol. The van der Waals surface area contributed by atoms with Crippen LogP contribution >= 0.6 is 15.9 Å². The second kappa shape index (κ2) is 4.20. The van der Waals surface area contributed by atoms with E-state index < -0.39 is 0 Å². The van der Waals surface area contributed by atoms with E-state index >= 15 is 0 Å². The van der Waals surface area contributed by atoms with E-state index in [-0.39, 0.29) is 12.6 Å². The maximum atomic E-state index is 11.7. The van der Waals surface area contributed by atoms with E-state index in [1.165, 1.54) is 0 Å². The van der Waals surface area contributed by atoms with Crippen LogP contribution in [0.3, 0.4) is 0 Å². The molecule has 0 unspecified atom stereocenters. The van der Waals surface area contributed by atoms with Crippen molar-refractivity contribution in [1.29, 1.82) is 0 Å². The fourth-order valence-electron chi connectivity index (χ4n) is 1.42. The second-order valence-electron chi connectivity index (χ2n) is 3.12. The molecule has 2 N–H and O–H groups in total. The van der Waals surface area contributed by atoms with Gasteiger partial charge in [-0.1, -0.05) is 0 Å². The largest absolute Gasteiger partial charge is 0.454 e. The lowest BCUT2D eigenvalue weighted by atomic mass is 10.1.